The molecule has 0 spiro atoms. The van der Waals surface area contributed by atoms with Gasteiger partial charge in [0.1, 0.15) is 17.7 Å². The van der Waals surface area contributed by atoms with E-state index in [1.807, 2.05) is 0 Å². The van der Waals surface area contributed by atoms with Crippen LogP contribution in [0.25, 0.3) is 22.3 Å². The zero-order chi connectivity index (χ0) is 17.8. The summed E-state index contributed by atoms with van der Waals surface area (Å²) in [5.41, 5.74) is 2.35. The van der Waals surface area contributed by atoms with Crippen LogP contribution in [0.1, 0.15) is 12.7 Å². The van der Waals surface area contributed by atoms with Crippen molar-refractivity contribution in [2.45, 2.75) is 20.0 Å². The predicted octanol–water partition coefficient (Wildman–Crippen LogP) is 3.41. The maximum Gasteiger partial charge on any atom is 0.221 e. The highest BCUT2D eigenvalue weighted by Gasteiger charge is 2.13. The van der Waals surface area contributed by atoms with Gasteiger partial charge in [0.25, 0.3) is 0 Å². The molecule has 0 saturated carbocycles. The van der Waals surface area contributed by atoms with Crippen molar-refractivity contribution in [1.82, 2.24) is 15.0 Å². The summed E-state index contributed by atoms with van der Waals surface area (Å²) in [5, 5.41) is 9.16. The van der Waals surface area contributed by atoms with Gasteiger partial charge in [0.05, 0.1) is 6.61 Å². The number of ether oxygens (including phenoxy) is 1. The Hall–Kier alpha value is -2.86. The lowest BCUT2D eigenvalue weighted by Gasteiger charge is -2.15. The molecule has 1 aromatic carbocycles. The highest BCUT2D eigenvalue weighted by molar-refractivity contribution is 5.73. The molecule has 0 bridgehead atoms. The summed E-state index contributed by atoms with van der Waals surface area (Å²) in [6.07, 6.45) is 4.39. The minimum Gasteiger partial charge on any atom is -0.472 e. The summed E-state index contributed by atoms with van der Waals surface area (Å²) in [6.45, 7) is 3.39. The first kappa shape index (κ1) is 17.0. The molecule has 0 amide bonds. The number of aliphatic hydroxyl groups excluding tert-OH is 1. The summed E-state index contributed by atoms with van der Waals surface area (Å²) in [4.78, 5) is 12.4. The van der Waals surface area contributed by atoms with Gasteiger partial charge in [-0.05, 0) is 37.6 Å². The number of nitrogens with zero attached hydrogens (tertiary/aromatic N) is 3. The standard InChI is InChI=1S/C19H18FN3O2/c1-12(11-24)25-19-17(4-3-7-21-19)14-5-6-16(18(20)8-14)15-9-22-13(2)23-10-15/h3-10,12,24H,11H2,1-2H3/t12-/m0/s1. The third-order valence-corrected chi connectivity index (χ3v) is 3.71. The predicted molar refractivity (Wildman–Crippen MR) is 92.6 cm³/mol. The smallest absolute Gasteiger partial charge is 0.221 e. The normalized spacial score (nSPS) is 12.0. The van der Waals surface area contributed by atoms with Gasteiger partial charge in [0.2, 0.25) is 5.88 Å². The van der Waals surface area contributed by atoms with E-state index < -0.39 is 6.10 Å². The van der Waals surface area contributed by atoms with Crippen molar-refractivity contribution < 1.29 is 14.2 Å². The molecule has 0 aliphatic rings. The van der Waals surface area contributed by atoms with Gasteiger partial charge in [-0.15, -0.1) is 0 Å². The molecule has 0 radical (unpaired) electrons. The molecule has 3 aromatic rings. The summed E-state index contributed by atoms with van der Waals surface area (Å²) >= 11 is 0. The molecule has 128 valence electrons. The van der Waals surface area contributed by atoms with E-state index in [0.717, 1.165) is 0 Å². The first-order chi connectivity index (χ1) is 12.1. The second-order valence-corrected chi connectivity index (χ2v) is 5.68. The Morgan fingerprint density at radius 1 is 1.08 bits per heavy atom. The van der Waals surface area contributed by atoms with Crippen molar-refractivity contribution in [1.29, 1.82) is 0 Å². The molecule has 2 heterocycles. The maximum absolute atomic E-state index is 14.6. The van der Waals surface area contributed by atoms with Crippen LogP contribution in [0.2, 0.25) is 0 Å². The summed E-state index contributed by atoms with van der Waals surface area (Å²) in [7, 11) is 0. The van der Waals surface area contributed by atoms with E-state index in [1.165, 1.54) is 6.07 Å². The Bertz CT molecular complexity index is 869. The van der Waals surface area contributed by atoms with Gasteiger partial charge in [0, 0.05) is 35.3 Å². The Morgan fingerprint density at radius 3 is 2.52 bits per heavy atom. The number of aryl methyl sites for hydroxylation is 1. The first-order valence-electron chi connectivity index (χ1n) is 7.90. The summed E-state index contributed by atoms with van der Waals surface area (Å²) < 4.78 is 20.2. The summed E-state index contributed by atoms with van der Waals surface area (Å²) in [5.74, 6) is 0.612. The monoisotopic (exact) mass is 339 g/mol. The number of hydrogen-bond acceptors (Lipinski definition) is 5. The fraction of sp³-hybridized carbons (Fsp3) is 0.211. The lowest BCUT2D eigenvalue weighted by molar-refractivity contribution is 0.126. The molecule has 0 aliphatic heterocycles. The number of rotatable bonds is 5. The molecule has 0 fully saturated rings. The van der Waals surface area contributed by atoms with E-state index in [1.54, 1.807) is 56.7 Å². The molecule has 1 atom stereocenters. The Labute approximate surface area is 145 Å². The minimum absolute atomic E-state index is 0.128. The highest BCUT2D eigenvalue weighted by Crippen LogP contribution is 2.32. The van der Waals surface area contributed by atoms with Crippen LogP contribution in [0.3, 0.4) is 0 Å². The molecule has 3 rings (SSSR count). The quantitative estimate of drug-likeness (QED) is 0.771. The number of benzene rings is 1. The molecule has 6 heteroatoms. The molecular weight excluding hydrogens is 321 g/mol. The van der Waals surface area contributed by atoms with Crippen molar-refractivity contribution in [3.8, 4) is 28.1 Å². The van der Waals surface area contributed by atoms with E-state index in [-0.39, 0.29) is 12.4 Å². The van der Waals surface area contributed by atoms with Crippen LogP contribution in [0, 0.1) is 12.7 Å². The van der Waals surface area contributed by atoms with Crippen LogP contribution in [-0.4, -0.2) is 32.8 Å². The SMILES string of the molecule is Cc1ncc(-c2ccc(-c3cccnc3O[C@@H](C)CO)cc2F)cn1. The fourth-order valence-electron chi connectivity index (χ4n) is 2.38. The van der Waals surface area contributed by atoms with E-state index >= 15 is 0 Å². The Kier molecular flexibility index (Phi) is 5.00. The van der Waals surface area contributed by atoms with E-state index in [2.05, 4.69) is 15.0 Å². The number of hydrogen-bond donors (Lipinski definition) is 1. The van der Waals surface area contributed by atoms with Crippen LogP contribution in [0.5, 0.6) is 5.88 Å². The number of aliphatic hydroxyl groups is 1. The van der Waals surface area contributed by atoms with Crippen LogP contribution in [-0.2, 0) is 0 Å². The topological polar surface area (TPSA) is 68.1 Å². The highest BCUT2D eigenvalue weighted by atomic mass is 19.1. The van der Waals surface area contributed by atoms with Gasteiger partial charge >= 0.3 is 0 Å². The molecule has 0 unspecified atom stereocenters. The van der Waals surface area contributed by atoms with Crippen molar-refractivity contribution in [3.63, 3.8) is 0 Å². The van der Waals surface area contributed by atoms with Gasteiger partial charge < -0.3 is 9.84 Å². The number of aromatic nitrogens is 3. The molecule has 5 nitrogen and oxygen atoms in total. The molecule has 0 saturated heterocycles. The Morgan fingerprint density at radius 2 is 1.84 bits per heavy atom. The van der Waals surface area contributed by atoms with Gasteiger partial charge in [-0.25, -0.2) is 19.3 Å². The van der Waals surface area contributed by atoms with Crippen LogP contribution >= 0.6 is 0 Å². The van der Waals surface area contributed by atoms with Gasteiger partial charge in [-0.2, -0.15) is 0 Å². The van der Waals surface area contributed by atoms with Gasteiger partial charge in [-0.3, -0.25) is 0 Å². The number of halogens is 1. The van der Waals surface area contributed by atoms with Crippen LogP contribution < -0.4 is 4.74 Å². The zero-order valence-corrected chi connectivity index (χ0v) is 14.0. The molecule has 25 heavy (non-hydrogen) atoms. The van der Waals surface area contributed by atoms with Gasteiger partial charge in [0.15, 0.2) is 0 Å². The van der Waals surface area contributed by atoms with Crippen molar-refractivity contribution >= 4 is 0 Å². The second kappa shape index (κ2) is 7.36. The minimum atomic E-state index is -0.400. The molecule has 0 aliphatic carbocycles. The number of pyridine rings is 1. The van der Waals surface area contributed by atoms with E-state index in [0.29, 0.717) is 34.0 Å². The largest absolute Gasteiger partial charge is 0.472 e. The van der Waals surface area contributed by atoms with Crippen molar-refractivity contribution in [2.24, 2.45) is 0 Å². The van der Waals surface area contributed by atoms with E-state index in [4.69, 9.17) is 9.84 Å². The average Bonchev–Trinajstić information content (AvgIpc) is 2.63. The third-order valence-electron chi connectivity index (χ3n) is 3.71. The zero-order valence-electron chi connectivity index (χ0n) is 14.0. The van der Waals surface area contributed by atoms with Crippen LogP contribution in [0.15, 0.2) is 48.9 Å². The Balaban J connectivity index is 1.97. The third kappa shape index (κ3) is 3.80. The van der Waals surface area contributed by atoms with E-state index in [9.17, 15) is 4.39 Å². The second-order valence-electron chi connectivity index (χ2n) is 5.68. The molecule has 1 N–H and O–H groups in total. The van der Waals surface area contributed by atoms with Crippen molar-refractivity contribution in [3.05, 3.63) is 60.6 Å². The summed E-state index contributed by atoms with van der Waals surface area (Å²) in [6, 6.07) is 8.47. The average molecular weight is 339 g/mol. The molecule has 2 aromatic heterocycles. The first-order valence-corrected chi connectivity index (χ1v) is 7.90. The lowest BCUT2D eigenvalue weighted by atomic mass is 10.0. The van der Waals surface area contributed by atoms with Crippen LogP contribution in [0.4, 0.5) is 4.39 Å². The van der Waals surface area contributed by atoms with Crippen molar-refractivity contribution in [2.75, 3.05) is 6.61 Å². The fourth-order valence-corrected chi connectivity index (χ4v) is 2.38. The van der Waals surface area contributed by atoms with Gasteiger partial charge in [-0.1, -0.05) is 12.1 Å². The molecular formula is C19H18FN3O2. The maximum atomic E-state index is 14.6. The lowest BCUT2D eigenvalue weighted by Crippen LogP contribution is -2.17.